The molecule has 4 rings (SSSR count). The van der Waals surface area contributed by atoms with E-state index in [-0.39, 0.29) is 36.7 Å². The number of aryl methyl sites for hydroxylation is 1. The molecule has 0 unspecified atom stereocenters. The summed E-state index contributed by atoms with van der Waals surface area (Å²) >= 11 is 0. The molecule has 13 heteroatoms. The standard InChI is InChI=1S/C28H39NO12/c1-14-7-19(32)18-9-16-10-22(41-38-13-21(34)25(37)24(36)20(33)12-31)28(2,5-3-15-8-23(35)29-11-15)40-26(16)17(4-6-30)27(18)39-14/h7,9,15,20-22,24-25,30-31,33-34,36-37H,3-6,8,10-13H2,1-2H3,(H,29,35)/t15-,20+,21-,22+,24+,25+,28+/m0/s1. The highest BCUT2D eigenvalue weighted by Crippen LogP contribution is 2.43. The second-order valence-electron chi connectivity index (χ2n) is 11.1. The summed E-state index contributed by atoms with van der Waals surface area (Å²) in [6, 6.07) is 3.05. The monoisotopic (exact) mass is 581 g/mol. The van der Waals surface area contributed by atoms with Crippen LogP contribution in [0, 0.1) is 12.8 Å². The molecule has 1 amide bonds. The summed E-state index contributed by atoms with van der Waals surface area (Å²) in [5.74, 6) is 0.969. The molecular formula is C28H39NO12. The molecule has 7 atom stereocenters. The Labute approximate surface area is 236 Å². The third-order valence-electron chi connectivity index (χ3n) is 7.91. The average molecular weight is 582 g/mol. The van der Waals surface area contributed by atoms with Crippen molar-refractivity contribution in [3.63, 3.8) is 0 Å². The first-order valence-corrected chi connectivity index (χ1v) is 13.7. The van der Waals surface area contributed by atoms with E-state index < -0.39 is 49.3 Å². The molecule has 0 saturated carbocycles. The topological polar surface area (TPSA) is 208 Å². The Hall–Kier alpha value is -2.62. The second-order valence-corrected chi connectivity index (χ2v) is 11.1. The Morgan fingerprint density at radius 2 is 1.83 bits per heavy atom. The fourth-order valence-electron chi connectivity index (χ4n) is 5.41. The molecule has 3 heterocycles. The van der Waals surface area contributed by atoms with E-state index in [2.05, 4.69) is 5.32 Å². The van der Waals surface area contributed by atoms with E-state index in [4.69, 9.17) is 24.0 Å². The molecule has 1 aromatic heterocycles. The summed E-state index contributed by atoms with van der Waals surface area (Å²) in [4.78, 5) is 35.6. The highest BCUT2D eigenvalue weighted by molar-refractivity contribution is 5.84. The van der Waals surface area contributed by atoms with E-state index in [1.807, 2.05) is 6.92 Å². The summed E-state index contributed by atoms with van der Waals surface area (Å²) in [6.45, 7) is 2.44. The van der Waals surface area contributed by atoms with Crippen LogP contribution in [0.15, 0.2) is 21.3 Å². The van der Waals surface area contributed by atoms with Gasteiger partial charge >= 0.3 is 0 Å². The molecule has 7 N–H and O–H groups in total. The predicted octanol–water partition coefficient (Wildman–Crippen LogP) is -1.00. The van der Waals surface area contributed by atoms with Gasteiger partial charge in [0.25, 0.3) is 0 Å². The number of benzene rings is 1. The summed E-state index contributed by atoms with van der Waals surface area (Å²) in [5.41, 5.74) is 0.262. The fraction of sp³-hybridized carbons (Fsp3) is 0.643. The Balaban J connectivity index is 1.61. The molecule has 2 aliphatic rings. The Morgan fingerprint density at radius 1 is 1.10 bits per heavy atom. The molecule has 228 valence electrons. The maximum Gasteiger partial charge on any atom is 0.220 e. The van der Waals surface area contributed by atoms with Crippen molar-refractivity contribution in [2.24, 2.45) is 5.92 Å². The number of carbonyl (C=O) groups excluding carboxylic acids is 1. The number of hydrogen-bond acceptors (Lipinski definition) is 12. The normalized spacial score (nSPS) is 25.3. The third kappa shape index (κ3) is 6.89. The van der Waals surface area contributed by atoms with Gasteiger partial charge in [-0.3, -0.25) is 9.59 Å². The van der Waals surface area contributed by atoms with Gasteiger partial charge in [0, 0.05) is 44.0 Å². The summed E-state index contributed by atoms with van der Waals surface area (Å²) in [7, 11) is 0. The number of rotatable bonds is 13. The largest absolute Gasteiger partial charge is 0.484 e. The van der Waals surface area contributed by atoms with Crippen molar-refractivity contribution in [1.29, 1.82) is 0 Å². The van der Waals surface area contributed by atoms with Crippen LogP contribution in [0.5, 0.6) is 5.75 Å². The van der Waals surface area contributed by atoms with E-state index >= 15 is 0 Å². The van der Waals surface area contributed by atoms with E-state index in [0.29, 0.717) is 59.4 Å². The van der Waals surface area contributed by atoms with Crippen LogP contribution in [0.1, 0.15) is 43.1 Å². The van der Waals surface area contributed by atoms with Gasteiger partial charge in [0.1, 0.15) is 59.8 Å². The van der Waals surface area contributed by atoms with Gasteiger partial charge in [-0.2, -0.15) is 0 Å². The number of carbonyl (C=O) groups is 1. The van der Waals surface area contributed by atoms with Gasteiger partial charge in [-0.1, -0.05) is 0 Å². The number of ether oxygens (including phenoxy) is 1. The maximum atomic E-state index is 12.8. The smallest absolute Gasteiger partial charge is 0.220 e. The Bertz CT molecular complexity index is 1280. The third-order valence-corrected chi connectivity index (χ3v) is 7.91. The molecule has 0 aliphatic carbocycles. The molecule has 41 heavy (non-hydrogen) atoms. The van der Waals surface area contributed by atoms with Gasteiger partial charge in [0.15, 0.2) is 5.43 Å². The van der Waals surface area contributed by atoms with Crippen LogP contribution in [0.25, 0.3) is 11.0 Å². The van der Waals surface area contributed by atoms with Crippen molar-refractivity contribution in [3.05, 3.63) is 39.2 Å². The Kier molecular flexibility index (Phi) is 10.0. The van der Waals surface area contributed by atoms with Crippen LogP contribution in [0.4, 0.5) is 0 Å². The summed E-state index contributed by atoms with van der Waals surface area (Å²) < 4.78 is 12.5. The number of hydrogen-bond donors (Lipinski definition) is 7. The first-order valence-electron chi connectivity index (χ1n) is 13.7. The fourth-order valence-corrected chi connectivity index (χ4v) is 5.41. The molecule has 0 spiro atoms. The lowest BCUT2D eigenvalue weighted by atomic mass is 9.82. The molecule has 13 nitrogen and oxygen atoms in total. The van der Waals surface area contributed by atoms with Crippen LogP contribution < -0.4 is 15.5 Å². The zero-order valence-corrected chi connectivity index (χ0v) is 23.1. The van der Waals surface area contributed by atoms with E-state index in [1.165, 1.54) is 6.07 Å². The van der Waals surface area contributed by atoms with E-state index in [0.717, 1.165) is 0 Å². The van der Waals surface area contributed by atoms with E-state index in [1.54, 1.807) is 13.0 Å². The highest BCUT2D eigenvalue weighted by Gasteiger charge is 2.45. The lowest BCUT2D eigenvalue weighted by Gasteiger charge is -2.42. The minimum absolute atomic E-state index is 0.0191. The first kappa shape index (κ1) is 31.3. The zero-order chi connectivity index (χ0) is 29.9. The lowest BCUT2D eigenvalue weighted by molar-refractivity contribution is -0.360. The van der Waals surface area contributed by atoms with Crippen molar-refractivity contribution in [1.82, 2.24) is 5.32 Å². The molecule has 2 aromatic rings. The average Bonchev–Trinajstić information content (AvgIpc) is 3.36. The minimum atomic E-state index is -1.82. The van der Waals surface area contributed by atoms with Crippen LogP contribution in [0.2, 0.25) is 0 Å². The molecule has 0 radical (unpaired) electrons. The van der Waals surface area contributed by atoms with Crippen molar-refractivity contribution < 1.29 is 54.4 Å². The summed E-state index contributed by atoms with van der Waals surface area (Å²) in [5, 5.41) is 61.7. The molecule has 1 fully saturated rings. The van der Waals surface area contributed by atoms with Gasteiger partial charge in [-0.25, -0.2) is 9.78 Å². The first-order chi connectivity index (χ1) is 19.5. The zero-order valence-electron chi connectivity index (χ0n) is 23.1. The quantitative estimate of drug-likeness (QED) is 0.112. The molecular weight excluding hydrogens is 542 g/mol. The SMILES string of the molecule is Cc1cc(=O)c2cc3c(c(CCO)c2o1)O[C@](C)(CC[C@@H]1CNC(=O)C1)[C@H](OOC[C@H](O)[C@@H](O)[C@H](O)[C@H](O)CO)C3. The number of aliphatic hydroxyl groups excluding tert-OH is 6. The lowest BCUT2D eigenvalue weighted by Crippen LogP contribution is -2.51. The highest BCUT2D eigenvalue weighted by atomic mass is 17.2. The molecule has 1 saturated heterocycles. The Morgan fingerprint density at radius 3 is 2.49 bits per heavy atom. The van der Waals surface area contributed by atoms with Gasteiger partial charge < -0.3 is 45.1 Å². The van der Waals surface area contributed by atoms with Gasteiger partial charge in [-0.15, -0.1) is 0 Å². The van der Waals surface area contributed by atoms with Crippen molar-refractivity contribution in [3.8, 4) is 5.75 Å². The van der Waals surface area contributed by atoms with Crippen LogP contribution in [-0.2, 0) is 27.4 Å². The summed E-state index contributed by atoms with van der Waals surface area (Å²) in [6.07, 6.45) is -5.86. The van der Waals surface area contributed by atoms with Gasteiger partial charge in [-0.05, 0) is 44.2 Å². The number of aliphatic hydroxyl groups is 6. The van der Waals surface area contributed by atoms with Gasteiger partial charge in [0.05, 0.1) is 12.0 Å². The van der Waals surface area contributed by atoms with Crippen LogP contribution in [0.3, 0.4) is 0 Å². The predicted molar refractivity (Wildman–Crippen MR) is 143 cm³/mol. The number of fused-ring (bicyclic) bond motifs is 2. The van der Waals surface area contributed by atoms with Crippen LogP contribution in [-0.4, -0.2) is 99.0 Å². The maximum absolute atomic E-state index is 12.8. The minimum Gasteiger partial charge on any atom is -0.484 e. The van der Waals surface area contributed by atoms with Gasteiger partial charge in [0.2, 0.25) is 5.91 Å². The molecule has 2 aliphatic heterocycles. The second kappa shape index (κ2) is 13.1. The molecule has 1 aromatic carbocycles. The van der Waals surface area contributed by atoms with E-state index in [9.17, 15) is 35.1 Å². The van der Waals surface area contributed by atoms with Crippen LogP contribution >= 0.6 is 0 Å². The van der Waals surface area contributed by atoms with Crippen molar-refractivity contribution in [2.75, 3.05) is 26.4 Å². The van der Waals surface area contributed by atoms with Crippen molar-refractivity contribution >= 4 is 16.9 Å². The molecule has 0 bridgehead atoms. The number of amides is 1. The van der Waals surface area contributed by atoms with Crippen molar-refractivity contribution in [2.45, 2.75) is 82.1 Å². The number of nitrogens with one attached hydrogen (secondary N) is 1.